The fourth-order valence-electron chi connectivity index (χ4n) is 3.73. The highest BCUT2D eigenvalue weighted by Crippen LogP contribution is 2.35. The monoisotopic (exact) mass is 426 g/mol. The first kappa shape index (κ1) is 21.4. The third-order valence-corrected chi connectivity index (χ3v) is 5.25. The van der Waals surface area contributed by atoms with Crippen molar-refractivity contribution in [1.82, 2.24) is 0 Å². The number of benzene rings is 3. The van der Waals surface area contributed by atoms with Crippen LogP contribution >= 0.6 is 0 Å². The SMILES string of the molecule is Cc1ccc(C)c(N2C(=O)C(Nc3ccc(OC(C)C)cc3)=C(c3ccccc3)C2=O)c1. The maximum absolute atomic E-state index is 13.5. The maximum Gasteiger partial charge on any atom is 0.282 e. The molecule has 0 spiro atoms. The number of anilines is 2. The number of ether oxygens (including phenoxy) is 1. The van der Waals surface area contributed by atoms with E-state index >= 15 is 0 Å². The number of imide groups is 1. The van der Waals surface area contributed by atoms with Crippen LogP contribution in [0.15, 0.2) is 78.5 Å². The van der Waals surface area contributed by atoms with Crippen molar-refractivity contribution in [2.45, 2.75) is 33.8 Å². The molecule has 0 bridgehead atoms. The second-order valence-electron chi connectivity index (χ2n) is 8.17. The van der Waals surface area contributed by atoms with Crippen molar-refractivity contribution in [2.75, 3.05) is 10.2 Å². The topological polar surface area (TPSA) is 58.6 Å². The number of rotatable bonds is 6. The second kappa shape index (κ2) is 8.71. The Morgan fingerprint density at radius 1 is 0.844 bits per heavy atom. The van der Waals surface area contributed by atoms with Crippen LogP contribution in [0.4, 0.5) is 11.4 Å². The molecule has 3 aromatic carbocycles. The summed E-state index contributed by atoms with van der Waals surface area (Å²) in [5, 5.41) is 3.20. The predicted octanol–water partition coefficient (Wildman–Crippen LogP) is 5.49. The summed E-state index contributed by atoms with van der Waals surface area (Å²) in [7, 11) is 0. The lowest BCUT2D eigenvalue weighted by Crippen LogP contribution is -2.33. The first-order chi connectivity index (χ1) is 15.3. The van der Waals surface area contributed by atoms with E-state index in [9.17, 15) is 9.59 Å². The molecule has 0 saturated carbocycles. The van der Waals surface area contributed by atoms with E-state index in [2.05, 4.69) is 5.32 Å². The van der Waals surface area contributed by atoms with Gasteiger partial charge in [0, 0.05) is 5.69 Å². The van der Waals surface area contributed by atoms with Crippen molar-refractivity contribution < 1.29 is 14.3 Å². The van der Waals surface area contributed by atoms with Crippen molar-refractivity contribution >= 4 is 28.8 Å². The number of carbonyl (C=O) groups is 2. The van der Waals surface area contributed by atoms with E-state index in [4.69, 9.17) is 4.74 Å². The molecule has 0 saturated heterocycles. The van der Waals surface area contributed by atoms with Gasteiger partial charge in [-0.2, -0.15) is 0 Å². The number of amides is 2. The van der Waals surface area contributed by atoms with Crippen LogP contribution in [0.5, 0.6) is 5.75 Å². The Balaban J connectivity index is 1.75. The molecule has 5 heteroatoms. The summed E-state index contributed by atoms with van der Waals surface area (Å²) in [5.41, 5.74) is 4.47. The van der Waals surface area contributed by atoms with Gasteiger partial charge in [-0.1, -0.05) is 42.5 Å². The number of nitrogens with one attached hydrogen (secondary N) is 1. The summed E-state index contributed by atoms with van der Waals surface area (Å²) in [6.45, 7) is 7.78. The van der Waals surface area contributed by atoms with Crippen molar-refractivity contribution in [1.29, 1.82) is 0 Å². The van der Waals surface area contributed by atoms with Crippen molar-refractivity contribution in [2.24, 2.45) is 0 Å². The summed E-state index contributed by atoms with van der Waals surface area (Å²) in [4.78, 5) is 28.4. The summed E-state index contributed by atoms with van der Waals surface area (Å²) in [6, 6.07) is 22.4. The van der Waals surface area contributed by atoms with Crippen LogP contribution in [0.25, 0.3) is 5.57 Å². The Kier molecular flexibility index (Phi) is 5.82. The van der Waals surface area contributed by atoms with Crippen LogP contribution in [-0.4, -0.2) is 17.9 Å². The molecule has 3 aromatic rings. The van der Waals surface area contributed by atoms with E-state index in [1.165, 1.54) is 4.90 Å². The molecule has 0 aliphatic carbocycles. The average Bonchev–Trinajstić information content (AvgIpc) is 3.01. The van der Waals surface area contributed by atoms with Gasteiger partial charge in [0.2, 0.25) is 0 Å². The molecular weight excluding hydrogens is 400 g/mol. The standard InChI is InChI=1S/C27H26N2O3/c1-17(2)32-22-14-12-21(13-15-22)28-25-24(20-8-6-5-7-9-20)26(30)29(27(25)31)23-16-18(3)10-11-19(23)4/h5-17,28H,1-4H3. The fourth-order valence-corrected chi connectivity index (χ4v) is 3.73. The molecule has 0 radical (unpaired) electrons. The van der Waals surface area contributed by atoms with Crippen LogP contribution in [0.1, 0.15) is 30.5 Å². The zero-order valence-electron chi connectivity index (χ0n) is 18.7. The maximum atomic E-state index is 13.5. The Labute approximate surface area is 188 Å². The van der Waals surface area contributed by atoms with Crippen LogP contribution in [-0.2, 0) is 9.59 Å². The van der Waals surface area contributed by atoms with E-state index in [1.54, 1.807) is 0 Å². The molecule has 1 N–H and O–H groups in total. The van der Waals surface area contributed by atoms with Crippen molar-refractivity contribution in [3.05, 3.63) is 95.2 Å². The van der Waals surface area contributed by atoms with E-state index in [0.29, 0.717) is 22.5 Å². The van der Waals surface area contributed by atoms with Gasteiger partial charge in [-0.3, -0.25) is 9.59 Å². The second-order valence-corrected chi connectivity index (χ2v) is 8.17. The first-order valence-electron chi connectivity index (χ1n) is 10.6. The number of hydrogen-bond donors (Lipinski definition) is 1. The minimum absolute atomic E-state index is 0.0707. The first-order valence-corrected chi connectivity index (χ1v) is 10.6. The zero-order valence-corrected chi connectivity index (χ0v) is 18.7. The molecular formula is C27H26N2O3. The molecule has 2 amide bonds. The van der Waals surface area contributed by atoms with E-state index < -0.39 is 0 Å². The molecule has 0 fully saturated rings. The molecule has 162 valence electrons. The molecule has 0 aromatic heterocycles. The Bertz CT molecular complexity index is 1200. The Morgan fingerprint density at radius 2 is 1.53 bits per heavy atom. The Morgan fingerprint density at radius 3 is 2.19 bits per heavy atom. The van der Waals surface area contributed by atoms with Crippen molar-refractivity contribution in [3.63, 3.8) is 0 Å². The third-order valence-electron chi connectivity index (χ3n) is 5.25. The fraction of sp³-hybridized carbons (Fsp3) is 0.185. The van der Waals surface area contributed by atoms with Gasteiger partial charge in [0.25, 0.3) is 11.8 Å². The van der Waals surface area contributed by atoms with Crippen LogP contribution < -0.4 is 15.0 Å². The lowest BCUT2D eigenvalue weighted by molar-refractivity contribution is -0.120. The molecule has 5 nitrogen and oxygen atoms in total. The minimum atomic E-state index is -0.370. The predicted molar refractivity (Wildman–Crippen MR) is 128 cm³/mol. The Hall–Kier alpha value is -3.86. The quantitative estimate of drug-likeness (QED) is 0.530. The van der Waals surface area contributed by atoms with Crippen molar-refractivity contribution in [3.8, 4) is 5.75 Å². The van der Waals surface area contributed by atoms with Gasteiger partial charge in [0.1, 0.15) is 11.4 Å². The van der Waals surface area contributed by atoms with Crippen LogP contribution in [0, 0.1) is 13.8 Å². The number of hydrogen-bond acceptors (Lipinski definition) is 4. The van der Waals surface area contributed by atoms with Gasteiger partial charge in [-0.25, -0.2) is 4.90 Å². The van der Waals surface area contributed by atoms with Crippen LogP contribution in [0.2, 0.25) is 0 Å². The summed E-state index contributed by atoms with van der Waals surface area (Å²) < 4.78 is 5.70. The number of aryl methyl sites for hydroxylation is 2. The van der Waals surface area contributed by atoms with Gasteiger partial charge in [0.05, 0.1) is 17.4 Å². The largest absolute Gasteiger partial charge is 0.491 e. The average molecular weight is 427 g/mol. The molecule has 32 heavy (non-hydrogen) atoms. The normalized spacial score (nSPS) is 13.8. The smallest absolute Gasteiger partial charge is 0.282 e. The van der Waals surface area contributed by atoms with E-state index in [0.717, 1.165) is 16.9 Å². The van der Waals surface area contributed by atoms with E-state index in [1.807, 2.05) is 100 Å². The molecule has 0 atom stereocenters. The van der Waals surface area contributed by atoms with Gasteiger partial charge >= 0.3 is 0 Å². The summed E-state index contributed by atoms with van der Waals surface area (Å²) in [6.07, 6.45) is 0.0707. The molecule has 0 unspecified atom stereocenters. The molecule has 1 heterocycles. The molecule has 4 rings (SSSR count). The summed E-state index contributed by atoms with van der Waals surface area (Å²) >= 11 is 0. The zero-order chi connectivity index (χ0) is 22.8. The lowest BCUT2D eigenvalue weighted by atomic mass is 10.0. The summed E-state index contributed by atoms with van der Waals surface area (Å²) in [5.74, 6) is 0.0378. The third kappa shape index (κ3) is 4.14. The highest BCUT2D eigenvalue weighted by molar-refractivity contribution is 6.46. The van der Waals surface area contributed by atoms with Gasteiger partial charge < -0.3 is 10.1 Å². The number of carbonyl (C=O) groups excluding carboxylic acids is 2. The van der Waals surface area contributed by atoms with Crippen LogP contribution in [0.3, 0.4) is 0 Å². The van der Waals surface area contributed by atoms with Gasteiger partial charge in [-0.05, 0) is 74.7 Å². The van der Waals surface area contributed by atoms with Gasteiger partial charge in [0.15, 0.2) is 0 Å². The minimum Gasteiger partial charge on any atom is -0.491 e. The highest BCUT2D eigenvalue weighted by atomic mass is 16.5. The molecule has 1 aliphatic rings. The van der Waals surface area contributed by atoms with E-state index in [-0.39, 0.29) is 23.6 Å². The highest BCUT2D eigenvalue weighted by Gasteiger charge is 2.40. The number of nitrogens with zero attached hydrogens (tertiary/aromatic N) is 1. The molecule has 1 aliphatic heterocycles. The van der Waals surface area contributed by atoms with Gasteiger partial charge in [-0.15, -0.1) is 0 Å². The lowest BCUT2D eigenvalue weighted by Gasteiger charge is -2.18.